The van der Waals surface area contributed by atoms with Crippen LogP contribution >= 0.6 is 11.8 Å². The molecule has 2 aromatic rings. The molecule has 0 aliphatic carbocycles. The summed E-state index contributed by atoms with van der Waals surface area (Å²) in [5.74, 6) is -0.361. The van der Waals surface area contributed by atoms with Crippen LogP contribution in [0.25, 0.3) is 0 Å². The molecular weight excluding hydrogens is 376 g/mol. The highest BCUT2D eigenvalue weighted by Crippen LogP contribution is 2.31. The van der Waals surface area contributed by atoms with E-state index in [1.165, 1.54) is 7.11 Å². The normalized spacial score (nSPS) is 11.8. The lowest BCUT2D eigenvalue weighted by molar-refractivity contribution is -0.142. The number of rotatable bonds is 5. The monoisotopic (exact) mass is 412 g/mol. The summed E-state index contributed by atoms with van der Waals surface area (Å²) in [5, 5.41) is 10.9. The van der Waals surface area contributed by atoms with Crippen molar-refractivity contribution in [3.8, 4) is 0 Å². The van der Waals surface area contributed by atoms with Crippen molar-refractivity contribution in [1.29, 1.82) is 0 Å². The minimum absolute atomic E-state index is 0. The predicted molar refractivity (Wildman–Crippen MR) is 120 cm³/mol. The highest BCUT2D eigenvalue weighted by molar-refractivity contribution is 6.14. The van der Waals surface area contributed by atoms with Crippen LogP contribution in [0.3, 0.4) is 0 Å². The third-order valence-corrected chi connectivity index (χ3v) is 4.13. The topological polar surface area (TPSA) is 84.6 Å². The van der Waals surface area contributed by atoms with Crippen LogP contribution in [0, 0.1) is 0 Å². The van der Waals surface area contributed by atoms with Crippen LogP contribution in [0.4, 0.5) is 0 Å². The molecule has 0 bridgehead atoms. The number of nitrogens with two attached hydrogens (primary N) is 1. The molecule has 2 rings (SSSR count). The fraction of sp³-hybridized carbons (Fsp3) is 0.409. The van der Waals surface area contributed by atoms with E-state index >= 15 is 0 Å². The number of carbonyl (C=O) groups is 1. The van der Waals surface area contributed by atoms with Gasteiger partial charge < -0.3 is 15.6 Å². The molecule has 2 atom stereocenters. The maximum absolute atomic E-state index is 10.9. The summed E-state index contributed by atoms with van der Waals surface area (Å²) < 4.78 is 4.32. The number of ether oxygens (including phenoxy) is 1. The average Bonchev–Trinajstić information content (AvgIpc) is 2.67. The molecule has 28 heavy (non-hydrogen) atoms. The number of methoxy groups -OCH3 is 1. The summed E-state index contributed by atoms with van der Waals surface area (Å²) in [5.41, 5.74) is 6.49. The van der Waals surface area contributed by atoms with Gasteiger partial charge in [-0.25, -0.2) is 4.84 Å². The summed E-state index contributed by atoms with van der Waals surface area (Å²) in [6.07, 6.45) is 0. The maximum Gasteiger partial charge on any atom is 0.323 e. The molecule has 160 valence electrons. The van der Waals surface area contributed by atoms with Gasteiger partial charge in [-0.15, -0.1) is 0 Å². The minimum atomic E-state index is -1.14. The Hall–Kier alpha value is -1.92. The molecule has 0 amide bonds. The second kappa shape index (κ2) is 15.1. The molecule has 0 radical (unpaired) electrons. The molecule has 0 spiro atoms. The molecule has 4 N–H and O–H groups in total. The van der Waals surface area contributed by atoms with Crippen molar-refractivity contribution < 1.29 is 14.6 Å². The molecule has 6 heteroatoms. The summed E-state index contributed by atoms with van der Waals surface area (Å²) in [4.78, 5) is 12.6. The fourth-order valence-corrected chi connectivity index (χ4v) is 2.39. The van der Waals surface area contributed by atoms with E-state index in [0.29, 0.717) is 0 Å². The highest BCUT2D eigenvalue weighted by atomic mass is 35.5. The summed E-state index contributed by atoms with van der Waals surface area (Å²) in [7, 11) is 1.31. The molecule has 2 aromatic carbocycles. The van der Waals surface area contributed by atoms with E-state index in [1.54, 1.807) is 6.92 Å². The molecule has 0 aliphatic heterocycles. The molecule has 0 fully saturated rings. The first kappa shape index (κ1) is 30.8. The first-order valence-electron chi connectivity index (χ1n) is 7.90. The summed E-state index contributed by atoms with van der Waals surface area (Å²) in [6, 6.07) is 18.3. The fourth-order valence-electron chi connectivity index (χ4n) is 2.30. The number of nitrogens with one attached hydrogen (secondary N) is 1. The van der Waals surface area contributed by atoms with Gasteiger partial charge in [0, 0.05) is 6.04 Å². The van der Waals surface area contributed by atoms with Gasteiger partial charge in [0.05, 0.1) is 7.11 Å². The maximum atomic E-state index is 10.9. The molecule has 0 saturated carbocycles. The first-order chi connectivity index (χ1) is 11.9. The highest BCUT2D eigenvalue weighted by Gasteiger charge is 2.35. The van der Waals surface area contributed by atoms with Gasteiger partial charge >= 0.3 is 5.97 Å². The van der Waals surface area contributed by atoms with E-state index < -0.39 is 11.6 Å². The number of aliphatic hydroxyl groups is 1. The van der Waals surface area contributed by atoms with Gasteiger partial charge in [-0.1, -0.05) is 82.9 Å². The first-order valence-corrected chi connectivity index (χ1v) is 8.28. The Labute approximate surface area is 176 Å². The van der Waals surface area contributed by atoms with E-state index in [2.05, 4.69) is 9.57 Å². The number of benzene rings is 2. The summed E-state index contributed by atoms with van der Waals surface area (Å²) in [6.45, 7) is 3.43. The second-order valence-corrected chi connectivity index (χ2v) is 5.86. The number of hydrogen-bond donors (Lipinski definition) is 3. The van der Waals surface area contributed by atoms with Crippen molar-refractivity contribution in [1.82, 2.24) is 4.84 Å². The Kier molecular flexibility index (Phi) is 16.6. The Balaban J connectivity index is -0.000000497. The van der Waals surface area contributed by atoms with E-state index in [9.17, 15) is 9.90 Å². The molecule has 5 nitrogen and oxygen atoms in total. The van der Waals surface area contributed by atoms with Gasteiger partial charge in [-0.3, -0.25) is 4.79 Å². The third-order valence-electron chi connectivity index (χ3n) is 3.81. The van der Waals surface area contributed by atoms with E-state index in [0.717, 1.165) is 11.1 Å². The van der Waals surface area contributed by atoms with Gasteiger partial charge in [-0.2, -0.15) is 0 Å². The van der Waals surface area contributed by atoms with Crippen molar-refractivity contribution >= 4 is 17.7 Å². The zero-order valence-electron chi connectivity index (χ0n) is 14.6. The van der Waals surface area contributed by atoms with Crippen molar-refractivity contribution in [2.24, 2.45) is 5.73 Å². The van der Waals surface area contributed by atoms with Gasteiger partial charge in [0.1, 0.15) is 11.6 Å². The van der Waals surface area contributed by atoms with E-state index in [4.69, 9.17) is 17.5 Å². The zero-order chi connectivity index (χ0) is 18.9. The van der Waals surface area contributed by atoms with E-state index in [-0.39, 0.29) is 34.3 Å². The molecule has 0 aromatic heterocycles. The second-order valence-electron chi connectivity index (χ2n) is 5.64. The quantitative estimate of drug-likeness (QED) is 0.498. The SMILES string of the molecule is C.C.C.COC(=O)[C@H](C)NCl.C[C@H](N)C(O)(c1ccccc1)c1ccccc1. The Morgan fingerprint density at radius 1 is 1.00 bits per heavy atom. The standard InChI is InChI=1S/C15H17NO.C4H8ClNO2.3CH4/c1-12(16)15(17,13-8-4-2-5-9-13)14-10-6-3-7-11-14;1-3(6-5)4(7)8-2;;;/h2-12,17H,16H2,1H3;3,6H,1-2H3;3*1H4/t12-;3-;;;/m00.../s1. The average molecular weight is 413 g/mol. The lowest BCUT2D eigenvalue weighted by Crippen LogP contribution is -2.44. The van der Waals surface area contributed by atoms with Crippen molar-refractivity contribution in [3.05, 3.63) is 71.8 Å². The van der Waals surface area contributed by atoms with Crippen molar-refractivity contribution in [2.45, 2.75) is 53.8 Å². The van der Waals surface area contributed by atoms with Crippen LogP contribution in [0.2, 0.25) is 0 Å². The predicted octanol–water partition coefficient (Wildman–Crippen LogP) is 4.47. The Bertz CT molecular complexity index is 597. The largest absolute Gasteiger partial charge is 0.468 e. The van der Waals surface area contributed by atoms with Crippen LogP contribution in [0.15, 0.2) is 60.7 Å². The van der Waals surface area contributed by atoms with E-state index in [1.807, 2.05) is 67.6 Å². The summed E-state index contributed by atoms with van der Waals surface area (Å²) >= 11 is 5.07. The van der Waals surface area contributed by atoms with Gasteiger partial charge in [0.2, 0.25) is 0 Å². The Morgan fingerprint density at radius 3 is 1.57 bits per heavy atom. The molecule has 0 heterocycles. The van der Waals surface area contributed by atoms with Crippen LogP contribution in [0.1, 0.15) is 47.3 Å². The number of halogens is 1. The van der Waals surface area contributed by atoms with Crippen LogP contribution in [0.5, 0.6) is 0 Å². The number of esters is 1. The molecule has 0 unspecified atom stereocenters. The third kappa shape index (κ3) is 7.98. The van der Waals surface area contributed by atoms with Crippen LogP contribution in [-0.4, -0.2) is 30.3 Å². The van der Waals surface area contributed by atoms with Crippen molar-refractivity contribution in [2.75, 3.05) is 7.11 Å². The molecule has 0 saturated heterocycles. The minimum Gasteiger partial charge on any atom is -0.468 e. The smallest absolute Gasteiger partial charge is 0.323 e. The van der Waals surface area contributed by atoms with Gasteiger partial charge in [-0.05, 0) is 36.8 Å². The van der Waals surface area contributed by atoms with Gasteiger partial charge in [0.25, 0.3) is 0 Å². The Morgan fingerprint density at radius 2 is 1.36 bits per heavy atom. The zero-order valence-corrected chi connectivity index (χ0v) is 15.4. The molecule has 0 aliphatic rings. The van der Waals surface area contributed by atoms with Gasteiger partial charge in [0.15, 0.2) is 0 Å². The number of hydrogen-bond acceptors (Lipinski definition) is 5. The number of carbonyl (C=O) groups excluding carboxylic acids is 1. The van der Waals surface area contributed by atoms with Crippen molar-refractivity contribution in [3.63, 3.8) is 0 Å². The lowest BCUT2D eigenvalue weighted by Gasteiger charge is -2.33. The molecular formula is C22H37ClN2O3. The van der Waals surface area contributed by atoms with Crippen LogP contribution < -0.4 is 10.6 Å². The van der Waals surface area contributed by atoms with Crippen LogP contribution in [-0.2, 0) is 15.1 Å². The lowest BCUT2D eigenvalue weighted by atomic mass is 9.81.